The van der Waals surface area contributed by atoms with Crippen LogP contribution in [0.25, 0.3) is 0 Å². The molecule has 3 nitrogen and oxygen atoms in total. The Morgan fingerprint density at radius 1 is 1.24 bits per heavy atom. The summed E-state index contributed by atoms with van der Waals surface area (Å²) in [6, 6.07) is 9.44. The lowest BCUT2D eigenvalue weighted by atomic mass is 9.75. The van der Waals surface area contributed by atoms with E-state index in [0.717, 1.165) is 31.0 Å². The Labute approximate surface area is 131 Å². The Balaban J connectivity index is 1.42. The standard InChI is InChI=1S/C17H23ClN2O/c1-12(21)20-7-5-16(6-8-20)19-17-10-14(11-17)13-3-2-4-15(18)9-13/h2-4,9,14,16-17,19H,5-8,10-11H2,1H3. The number of halogens is 1. The van der Waals surface area contributed by atoms with E-state index >= 15 is 0 Å². The van der Waals surface area contributed by atoms with Crippen LogP contribution >= 0.6 is 11.6 Å². The summed E-state index contributed by atoms with van der Waals surface area (Å²) in [5.74, 6) is 0.858. The predicted octanol–water partition coefficient (Wildman–Crippen LogP) is 3.19. The molecular formula is C17H23ClN2O. The van der Waals surface area contributed by atoms with Crippen LogP contribution in [0.4, 0.5) is 0 Å². The number of nitrogens with one attached hydrogen (secondary N) is 1. The van der Waals surface area contributed by atoms with E-state index in [1.165, 1.54) is 18.4 Å². The van der Waals surface area contributed by atoms with Crippen molar-refractivity contribution in [2.75, 3.05) is 13.1 Å². The Morgan fingerprint density at radius 3 is 2.57 bits per heavy atom. The molecule has 1 aliphatic heterocycles. The molecule has 114 valence electrons. The molecule has 1 saturated heterocycles. The number of likely N-dealkylation sites (tertiary alicyclic amines) is 1. The van der Waals surface area contributed by atoms with E-state index < -0.39 is 0 Å². The highest BCUT2D eigenvalue weighted by Crippen LogP contribution is 2.38. The Hall–Kier alpha value is -1.06. The van der Waals surface area contributed by atoms with Crippen molar-refractivity contribution >= 4 is 17.5 Å². The second-order valence-corrected chi connectivity index (χ2v) is 6.80. The Bertz CT molecular complexity index is 505. The van der Waals surface area contributed by atoms with Crippen LogP contribution in [-0.2, 0) is 4.79 Å². The Morgan fingerprint density at radius 2 is 1.95 bits per heavy atom. The van der Waals surface area contributed by atoms with Crippen molar-refractivity contribution in [3.05, 3.63) is 34.9 Å². The molecule has 1 aromatic rings. The third-order valence-corrected chi connectivity index (χ3v) is 5.10. The number of hydrogen-bond donors (Lipinski definition) is 1. The summed E-state index contributed by atoms with van der Waals surface area (Å²) >= 11 is 6.05. The lowest BCUT2D eigenvalue weighted by molar-refractivity contribution is -0.129. The van der Waals surface area contributed by atoms with Gasteiger partial charge in [-0.05, 0) is 49.3 Å². The molecule has 2 aliphatic rings. The molecule has 1 amide bonds. The van der Waals surface area contributed by atoms with Gasteiger partial charge in [-0.15, -0.1) is 0 Å². The molecule has 0 unspecified atom stereocenters. The molecule has 0 atom stereocenters. The summed E-state index contributed by atoms with van der Waals surface area (Å²) < 4.78 is 0. The van der Waals surface area contributed by atoms with Gasteiger partial charge in [-0.1, -0.05) is 23.7 Å². The van der Waals surface area contributed by atoms with Gasteiger partial charge >= 0.3 is 0 Å². The van der Waals surface area contributed by atoms with Crippen molar-refractivity contribution in [1.29, 1.82) is 0 Å². The van der Waals surface area contributed by atoms with Gasteiger partial charge in [0.1, 0.15) is 0 Å². The largest absolute Gasteiger partial charge is 0.343 e. The normalized spacial score (nSPS) is 26.5. The zero-order chi connectivity index (χ0) is 14.8. The number of carbonyl (C=O) groups excluding carboxylic acids is 1. The topological polar surface area (TPSA) is 32.3 Å². The van der Waals surface area contributed by atoms with Gasteiger partial charge in [-0.3, -0.25) is 4.79 Å². The molecule has 1 aromatic carbocycles. The highest BCUT2D eigenvalue weighted by molar-refractivity contribution is 6.30. The third-order valence-electron chi connectivity index (χ3n) is 4.87. The molecule has 3 rings (SSSR count). The van der Waals surface area contributed by atoms with Crippen LogP contribution in [0.15, 0.2) is 24.3 Å². The van der Waals surface area contributed by atoms with E-state index in [1.54, 1.807) is 6.92 Å². The van der Waals surface area contributed by atoms with Crippen LogP contribution in [0.1, 0.15) is 44.1 Å². The van der Waals surface area contributed by atoms with Gasteiger partial charge < -0.3 is 10.2 Å². The third kappa shape index (κ3) is 3.58. The number of amides is 1. The van der Waals surface area contributed by atoms with Crippen molar-refractivity contribution in [3.8, 4) is 0 Å². The fraction of sp³-hybridized carbons (Fsp3) is 0.588. The average molecular weight is 307 g/mol. The van der Waals surface area contributed by atoms with Crippen LogP contribution in [0.5, 0.6) is 0 Å². The van der Waals surface area contributed by atoms with Crippen LogP contribution in [0, 0.1) is 0 Å². The maximum atomic E-state index is 11.3. The first-order chi connectivity index (χ1) is 10.1. The van der Waals surface area contributed by atoms with Gasteiger partial charge in [0.15, 0.2) is 0 Å². The first-order valence-electron chi connectivity index (χ1n) is 7.89. The molecule has 2 fully saturated rings. The molecule has 1 aliphatic carbocycles. The summed E-state index contributed by atoms with van der Waals surface area (Å²) in [5, 5.41) is 4.59. The monoisotopic (exact) mass is 306 g/mol. The van der Waals surface area contributed by atoms with E-state index in [-0.39, 0.29) is 5.91 Å². The summed E-state index contributed by atoms with van der Waals surface area (Å²) in [6.07, 6.45) is 4.57. The lowest BCUT2D eigenvalue weighted by Gasteiger charge is -2.41. The lowest BCUT2D eigenvalue weighted by Crippen LogP contribution is -2.50. The molecular weight excluding hydrogens is 284 g/mol. The summed E-state index contributed by atoms with van der Waals surface area (Å²) in [6.45, 7) is 3.46. The van der Waals surface area contributed by atoms with E-state index in [9.17, 15) is 4.79 Å². The summed E-state index contributed by atoms with van der Waals surface area (Å²) in [4.78, 5) is 13.3. The van der Waals surface area contributed by atoms with Gasteiger partial charge in [0.05, 0.1) is 0 Å². The maximum absolute atomic E-state index is 11.3. The van der Waals surface area contributed by atoms with Crippen molar-refractivity contribution in [2.45, 2.75) is 50.6 Å². The first kappa shape index (κ1) is 14.9. The molecule has 1 saturated carbocycles. The van der Waals surface area contributed by atoms with Gasteiger partial charge in [0.25, 0.3) is 0 Å². The van der Waals surface area contributed by atoms with Gasteiger partial charge in [-0.25, -0.2) is 0 Å². The van der Waals surface area contributed by atoms with Gasteiger partial charge in [0.2, 0.25) is 5.91 Å². The van der Waals surface area contributed by atoms with Crippen molar-refractivity contribution in [2.24, 2.45) is 0 Å². The zero-order valence-corrected chi connectivity index (χ0v) is 13.3. The highest BCUT2D eigenvalue weighted by atomic mass is 35.5. The average Bonchev–Trinajstić information content (AvgIpc) is 2.43. The van der Waals surface area contributed by atoms with Crippen LogP contribution in [0.2, 0.25) is 5.02 Å². The van der Waals surface area contributed by atoms with Crippen LogP contribution in [-0.4, -0.2) is 36.0 Å². The van der Waals surface area contributed by atoms with Gasteiger partial charge in [0, 0.05) is 37.1 Å². The minimum atomic E-state index is 0.207. The molecule has 1 N–H and O–H groups in total. The van der Waals surface area contributed by atoms with E-state index in [4.69, 9.17) is 11.6 Å². The maximum Gasteiger partial charge on any atom is 0.219 e. The second kappa shape index (κ2) is 6.37. The minimum absolute atomic E-state index is 0.207. The first-order valence-corrected chi connectivity index (χ1v) is 8.26. The van der Waals surface area contributed by atoms with E-state index in [2.05, 4.69) is 17.4 Å². The van der Waals surface area contributed by atoms with Crippen molar-refractivity contribution in [3.63, 3.8) is 0 Å². The molecule has 21 heavy (non-hydrogen) atoms. The quantitative estimate of drug-likeness (QED) is 0.930. The van der Waals surface area contributed by atoms with Gasteiger partial charge in [-0.2, -0.15) is 0 Å². The number of benzene rings is 1. The second-order valence-electron chi connectivity index (χ2n) is 6.37. The molecule has 1 heterocycles. The van der Waals surface area contributed by atoms with E-state index in [0.29, 0.717) is 18.0 Å². The smallest absolute Gasteiger partial charge is 0.219 e. The number of hydrogen-bond acceptors (Lipinski definition) is 2. The van der Waals surface area contributed by atoms with Crippen LogP contribution in [0.3, 0.4) is 0 Å². The minimum Gasteiger partial charge on any atom is -0.343 e. The molecule has 0 aromatic heterocycles. The number of nitrogens with zero attached hydrogens (tertiary/aromatic N) is 1. The molecule has 0 spiro atoms. The number of carbonyl (C=O) groups is 1. The van der Waals surface area contributed by atoms with Crippen molar-refractivity contribution < 1.29 is 4.79 Å². The van der Waals surface area contributed by atoms with E-state index in [1.807, 2.05) is 17.0 Å². The van der Waals surface area contributed by atoms with Crippen LogP contribution < -0.4 is 5.32 Å². The SMILES string of the molecule is CC(=O)N1CCC(NC2CC(c3cccc(Cl)c3)C2)CC1. The predicted molar refractivity (Wildman–Crippen MR) is 85.6 cm³/mol. The zero-order valence-electron chi connectivity index (χ0n) is 12.5. The fourth-order valence-electron chi connectivity index (χ4n) is 3.48. The number of rotatable bonds is 3. The molecule has 4 heteroatoms. The van der Waals surface area contributed by atoms with Crippen molar-refractivity contribution in [1.82, 2.24) is 10.2 Å². The Kier molecular flexibility index (Phi) is 4.51. The summed E-state index contributed by atoms with van der Waals surface area (Å²) in [7, 11) is 0. The molecule has 0 bridgehead atoms. The highest BCUT2D eigenvalue weighted by Gasteiger charge is 2.32. The summed E-state index contributed by atoms with van der Waals surface area (Å²) in [5.41, 5.74) is 1.37. The number of piperidine rings is 1. The molecule has 0 radical (unpaired) electrons. The fourth-order valence-corrected chi connectivity index (χ4v) is 3.68.